The van der Waals surface area contributed by atoms with Gasteiger partial charge in [-0.05, 0) is 30.7 Å². The second-order valence-corrected chi connectivity index (χ2v) is 7.28. The van der Waals surface area contributed by atoms with Gasteiger partial charge in [-0.3, -0.25) is 9.59 Å². The lowest BCUT2D eigenvalue weighted by atomic mass is 10.1. The number of aromatic nitrogens is 1. The van der Waals surface area contributed by atoms with Crippen LogP contribution in [0.15, 0.2) is 64.0 Å². The van der Waals surface area contributed by atoms with Crippen molar-refractivity contribution in [3.63, 3.8) is 0 Å². The topological polar surface area (TPSA) is 77.4 Å². The van der Waals surface area contributed by atoms with E-state index in [1.807, 2.05) is 47.0 Å². The van der Waals surface area contributed by atoms with Crippen LogP contribution in [-0.4, -0.2) is 29.6 Å². The molecule has 0 aliphatic carbocycles. The van der Waals surface area contributed by atoms with E-state index in [2.05, 4.69) is 26.0 Å². The number of methoxy groups -OCH3 is 1. The number of nitrogens with zero attached hydrogens (tertiary/aromatic N) is 1. The van der Waals surface area contributed by atoms with Crippen LogP contribution in [0.1, 0.15) is 22.8 Å². The molecule has 1 heterocycles. The lowest BCUT2D eigenvalue weighted by Gasteiger charge is -2.15. The summed E-state index contributed by atoms with van der Waals surface area (Å²) in [6.07, 6.45) is 1.53. The molecule has 3 aromatic rings. The number of fused-ring (bicyclic) bond motifs is 1. The number of carbonyl (C=O) groups is 2. The minimum Gasteiger partial charge on any atom is -0.467 e. The molecule has 0 radical (unpaired) electrons. The molecule has 144 valence electrons. The Kier molecular flexibility index (Phi) is 5.94. The van der Waals surface area contributed by atoms with Gasteiger partial charge in [0.25, 0.3) is 5.91 Å². The minimum absolute atomic E-state index is 0.0303. The van der Waals surface area contributed by atoms with Crippen LogP contribution >= 0.6 is 15.9 Å². The van der Waals surface area contributed by atoms with Crippen molar-refractivity contribution in [1.82, 2.24) is 9.88 Å². The Balaban J connectivity index is 2.10. The first-order valence-electron chi connectivity index (χ1n) is 8.66. The molecule has 6 nitrogen and oxygen atoms in total. The molecule has 0 bridgehead atoms. The van der Waals surface area contributed by atoms with Gasteiger partial charge in [0.2, 0.25) is 5.43 Å². The van der Waals surface area contributed by atoms with E-state index in [1.165, 1.54) is 20.2 Å². The van der Waals surface area contributed by atoms with Crippen LogP contribution in [0.2, 0.25) is 0 Å². The van der Waals surface area contributed by atoms with Crippen LogP contribution in [0, 0.1) is 0 Å². The Bertz CT molecular complexity index is 1090. The van der Waals surface area contributed by atoms with Crippen LogP contribution in [0.4, 0.5) is 0 Å². The van der Waals surface area contributed by atoms with Gasteiger partial charge in [-0.25, -0.2) is 4.79 Å². The number of nitrogens with one attached hydrogen (secondary N) is 1. The second kappa shape index (κ2) is 8.39. The van der Waals surface area contributed by atoms with Gasteiger partial charge in [-0.15, -0.1) is 0 Å². The molecule has 0 spiro atoms. The summed E-state index contributed by atoms with van der Waals surface area (Å²) in [4.78, 5) is 37.2. The molecule has 1 aromatic heterocycles. The highest BCUT2D eigenvalue weighted by Crippen LogP contribution is 2.19. The Labute approximate surface area is 170 Å². The molecule has 28 heavy (non-hydrogen) atoms. The molecule has 2 aromatic carbocycles. The van der Waals surface area contributed by atoms with Crippen LogP contribution in [0.5, 0.6) is 0 Å². The summed E-state index contributed by atoms with van der Waals surface area (Å²) in [5.41, 5.74) is 1.33. The maximum Gasteiger partial charge on any atom is 0.328 e. The summed E-state index contributed by atoms with van der Waals surface area (Å²) in [6, 6.07) is 14.3. The Morgan fingerprint density at radius 3 is 2.57 bits per heavy atom. The zero-order valence-corrected chi connectivity index (χ0v) is 17.0. The third-order valence-corrected chi connectivity index (χ3v) is 4.88. The first-order valence-corrected chi connectivity index (χ1v) is 9.45. The van der Waals surface area contributed by atoms with Crippen molar-refractivity contribution in [2.24, 2.45) is 0 Å². The van der Waals surface area contributed by atoms with Gasteiger partial charge in [0.15, 0.2) is 0 Å². The van der Waals surface area contributed by atoms with Gasteiger partial charge < -0.3 is 14.6 Å². The summed E-state index contributed by atoms with van der Waals surface area (Å²) in [7, 11) is 1.24. The van der Waals surface area contributed by atoms with E-state index in [4.69, 9.17) is 0 Å². The van der Waals surface area contributed by atoms with E-state index in [9.17, 15) is 14.4 Å². The van der Waals surface area contributed by atoms with E-state index in [-0.39, 0.29) is 5.56 Å². The molecule has 0 saturated carbocycles. The maximum atomic E-state index is 12.9. The predicted octanol–water partition coefficient (Wildman–Crippen LogP) is 3.10. The average Bonchev–Trinajstić information content (AvgIpc) is 2.70. The Morgan fingerprint density at radius 2 is 1.89 bits per heavy atom. The van der Waals surface area contributed by atoms with Gasteiger partial charge in [-0.1, -0.05) is 46.3 Å². The monoisotopic (exact) mass is 442 g/mol. The fourth-order valence-electron chi connectivity index (χ4n) is 2.95. The summed E-state index contributed by atoms with van der Waals surface area (Å²) in [5, 5.41) is 2.94. The maximum absolute atomic E-state index is 12.9. The van der Waals surface area contributed by atoms with E-state index in [0.717, 1.165) is 15.6 Å². The number of rotatable bonds is 5. The van der Waals surface area contributed by atoms with Crippen molar-refractivity contribution in [2.45, 2.75) is 19.5 Å². The smallest absolute Gasteiger partial charge is 0.328 e. The Hall–Kier alpha value is -2.93. The van der Waals surface area contributed by atoms with Crippen molar-refractivity contribution in [3.05, 3.63) is 80.6 Å². The second-order valence-electron chi connectivity index (χ2n) is 6.37. The number of benzene rings is 2. The summed E-state index contributed by atoms with van der Waals surface area (Å²) in [6.45, 7) is 2.00. The van der Waals surface area contributed by atoms with E-state index < -0.39 is 23.3 Å². The third-order valence-electron chi connectivity index (χ3n) is 4.38. The molecule has 1 amide bonds. The van der Waals surface area contributed by atoms with Gasteiger partial charge in [0.1, 0.15) is 11.6 Å². The number of esters is 1. The largest absolute Gasteiger partial charge is 0.467 e. The number of hydrogen-bond donors (Lipinski definition) is 1. The van der Waals surface area contributed by atoms with Crippen molar-refractivity contribution in [2.75, 3.05) is 7.11 Å². The standard InChI is InChI=1S/C21H19BrN2O4/c1-13(21(27)28-2)23-20(26)17-12-24(11-14-6-4-3-5-7-14)18-9-8-15(22)10-16(18)19(17)25/h3-10,12-13H,11H2,1-2H3,(H,23,26). The van der Waals surface area contributed by atoms with Crippen LogP contribution in [0.3, 0.4) is 0 Å². The summed E-state index contributed by atoms with van der Waals surface area (Å²) in [5.74, 6) is -1.20. The highest BCUT2D eigenvalue weighted by molar-refractivity contribution is 9.10. The average molecular weight is 443 g/mol. The van der Waals surface area contributed by atoms with Crippen LogP contribution < -0.4 is 10.7 Å². The van der Waals surface area contributed by atoms with Gasteiger partial charge >= 0.3 is 5.97 Å². The molecule has 3 rings (SSSR count). The van der Waals surface area contributed by atoms with Crippen molar-refractivity contribution < 1.29 is 14.3 Å². The molecule has 0 aliphatic heterocycles. The lowest BCUT2D eigenvalue weighted by Crippen LogP contribution is -2.41. The fourth-order valence-corrected chi connectivity index (χ4v) is 3.31. The molecule has 1 unspecified atom stereocenters. The number of pyridine rings is 1. The van der Waals surface area contributed by atoms with Crippen molar-refractivity contribution >= 4 is 38.7 Å². The van der Waals surface area contributed by atoms with Crippen molar-refractivity contribution in [3.8, 4) is 0 Å². The number of carbonyl (C=O) groups excluding carboxylic acids is 2. The van der Waals surface area contributed by atoms with E-state index in [0.29, 0.717) is 11.9 Å². The normalized spacial score (nSPS) is 11.8. The fraction of sp³-hybridized carbons (Fsp3) is 0.190. The molecule has 1 atom stereocenters. The van der Waals surface area contributed by atoms with Gasteiger partial charge in [0.05, 0.1) is 12.6 Å². The summed E-state index contributed by atoms with van der Waals surface area (Å²) < 4.78 is 7.22. The zero-order valence-electron chi connectivity index (χ0n) is 15.4. The van der Waals surface area contributed by atoms with Crippen LogP contribution in [0.25, 0.3) is 10.9 Å². The molecule has 1 N–H and O–H groups in total. The SMILES string of the molecule is COC(=O)C(C)NC(=O)c1cn(Cc2ccccc2)c2ccc(Br)cc2c1=O. The van der Waals surface area contributed by atoms with E-state index in [1.54, 1.807) is 6.07 Å². The molecule has 0 aliphatic rings. The Morgan fingerprint density at radius 1 is 1.18 bits per heavy atom. The first-order chi connectivity index (χ1) is 13.4. The third kappa shape index (κ3) is 4.14. The predicted molar refractivity (Wildman–Crippen MR) is 110 cm³/mol. The van der Waals surface area contributed by atoms with Gasteiger partial charge in [0, 0.05) is 22.6 Å². The summed E-state index contributed by atoms with van der Waals surface area (Å²) >= 11 is 3.38. The van der Waals surface area contributed by atoms with Gasteiger partial charge in [-0.2, -0.15) is 0 Å². The first kappa shape index (κ1) is 19.8. The van der Waals surface area contributed by atoms with E-state index >= 15 is 0 Å². The molecule has 7 heteroatoms. The minimum atomic E-state index is -0.863. The molecular formula is C21H19BrN2O4. The highest BCUT2D eigenvalue weighted by Gasteiger charge is 2.21. The molecule has 0 fully saturated rings. The lowest BCUT2D eigenvalue weighted by molar-refractivity contribution is -0.142. The quantitative estimate of drug-likeness (QED) is 0.615. The zero-order chi connectivity index (χ0) is 20.3. The van der Waals surface area contributed by atoms with Crippen molar-refractivity contribution in [1.29, 1.82) is 0 Å². The number of hydrogen-bond acceptors (Lipinski definition) is 4. The molecular weight excluding hydrogens is 424 g/mol. The highest BCUT2D eigenvalue weighted by atomic mass is 79.9. The number of ether oxygens (including phenoxy) is 1. The number of halogens is 1. The number of amides is 1. The van der Waals surface area contributed by atoms with Crippen LogP contribution in [-0.2, 0) is 16.1 Å². The molecule has 0 saturated heterocycles.